The molecule has 3 rings (SSSR count). The van der Waals surface area contributed by atoms with Gasteiger partial charge in [0.1, 0.15) is 5.76 Å². The van der Waals surface area contributed by atoms with E-state index in [-0.39, 0.29) is 10.7 Å². The maximum absolute atomic E-state index is 12.9. The molecular formula is C18H16ClF3N4O2S. The first-order valence-corrected chi connectivity index (χ1v) is 9.62. The summed E-state index contributed by atoms with van der Waals surface area (Å²) in [7, 11) is 1.75. The number of thioether (sulfide) groups is 1. The van der Waals surface area contributed by atoms with Gasteiger partial charge in [0.15, 0.2) is 11.0 Å². The molecule has 1 N–H and O–H groups in total. The van der Waals surface area contributed by atoms with Crippen molar-refractivity contribution in [2.75, 3.05) is 5.32 Å². The van der Waals surface area contributed by atoms with Gasteiger partial charge in [0.05, 0.1) is 33.4 Å². The van der Waals surface area contributed by atoms with Crippen molar-refractivity contribution < 1.29 is 22.4 Å². The Morgan fingerprint density at radius 1 is 1.31 bits per heavy atom. The van der Waals surface area contributed by atoms with E-state index in [1.807, 2.05) is 0 Å². The second kappa shape index (κ2) is 8.11. The zero-order chi connectivity index (χ0) is 21.3. The third kappa shape index (κ3) is 4.59. The summed E-state index contributed by atoms with van der Waals surface area (Å²) < 4.78 is 45.7. The van der Waals surface area contributed by atoms with Crippen molar-refractivity contribution in [1.82, 2.24) is 14.8 Å². The number of furan rings is 1. The number of rotatable bonds is 5. The number of hydrogen-bond acceptors (Lipinski definition) is 5. The molecule has 2 heterocycles. The van der Waals surface area contributed by atoms with Gasteiger partial charge in [-0.05, 0) is 38.1 Å². The highest BCUT2D eigenvalue weighted by molar-refractivity contribution is 8.00. The highest BCUT2D eigenvalue weighted by Crippen LogP contribution is 2.34. The highest BCUT2D eigenvalue weighted by atomic mass is 35.5. The third-order valence-electron chi connectivity index (χ3n) is 4.14. The lowest BCUT2D eigenvalue weighted by Crippen LogP contribution is -2.23. The van der Waals surface area contributed by atoms with E-state index in [0.29, 0.717) is 16.7 Å². The number of amides is 1. The van der Waals surface area contributed by atoms with Crippen LogP contribution in [0.1, 0.15) is 18.2 Å². The first-order chi connectivity index (χ1) is 13.6. The fraction of sp³-hybridized carbons (Fsp3) is 0.278. The molecule has 0 radical (unpaired) electrons. The normalized spacial score (nSPS) is 12.8. The van der Waals surface area contributed by atoms with Crippen LogP contribution in [0, 0.1) is 6.92 Å². The average molecular weight is 445 g/mol. The minimum Gasteiger partial charge on any atom is -0.469 e. The topological polar surface area (TPSA) is 72.9 Å². The van der Waals surface area contributed by atoms with Gasteiger partial charge < -0.3 is 14.3 Å². The lowest BCUT2D eigenvalue weighted by molar-refractivity contribution is -0.137. The molecule has 0 saturated heterocycles. The molecule has 1 atom stereocenters. The molecule has 1 amide bonds. The second-order valence-electron chi connectivity index (χ2n) is 6.20. The number of aryl methyl sites for hydroxylation is 1. The van der Waals surface area contributed by atoms with Crippen LogP contribution in [0.15, 0.2) is 40.1 Å². The van der Waals surface area contributed by atoms with Crippen molar-refractivity contribution in [2.24, 2.45) is 7.05 Å². The molecule has 2 aromatic heterocycles. The summed E-state index contributed by atoms with van der Waals surface area (Å²) in [6, 6.07) is 4.52. The van der Waals surface area contributed by atoms with Gasteiger partial charge in [-0.25, -0.2) is 0 Å². The number of carbonyl (C=O) groups excluding carboxylic acids is 1. The standard InChI is InChI=1S/C18H16ClF3N4O2S/c1-9-12(6-7-28-9)15-24-25-17(26(15)3)29-10(2)16(27)23-14-8-11(18(20,21)22)4-5-13(14)19/h4-8,10H,1-3H3,(H,23,27)/t10-/m0/s1. The number of alkyl halides is 3. The quantitative estimate of drug-likeness (QED) is 0.549. The molecule has 0 fully saturated rings. The molecule has 0 bridgehead atoms. The van der Waals surface area contributed by atoms with Crippen molar-refractivity contribution in [2.45, 2.75) is 30.4 Å². The van der Waals surface area contributed by atoms with Crippen molar-refractivity contribution in [3.05, 3.63) is 46.9 Å². The predicted molar refractivity (Wildman–Crippen MR) is 104 cm³/mol. The lowest BCUT2D eigenvalue weighted by atomic mass is 10.2. The molecule has 0 saturated carbocycles. The molecule has 3 aromatic rings. The number of nitrogens with one attached hydrogen (secondary N) is 1. The van der Waals surface area contributed by atoms with Crippen LogP contribution >= 0.6 is 23.4 Å². The van der Waals surface area contributed by atoms with E-state index in [0.717, 1.165) is 35.5 Å². The zero-order valence-corrected chi connectivity index (χ0v) is 17.1. The number of nitrogens with zero attached hydrogens (tertiary/aromatic N) is 3. The van der Waals surface area contributed by atoms with Gasteiger partial charge in [-0.2, -0.15) is 13.2 Å². The number of benzene rings is 1. The Kier molecular flexibility index (Phi) is 5.95. The second-order valence-corrected chi connectivity index (χ2v) is 7.91. The van der Waals surface area contributed by atoms with E-state index >= 15 is 0 Å². The van der Waals surface area contributed by atoms with Crippen LogP contribution in [0.5, 0.6) is 0 Å². The third-order valence-corrected chi connectivity index (χ3v) is 5.60. The predicted octanol–water partition coefficient (Wildman–Crippen LogP) is 5.18. The van der Waals surface area contributed by atoms with E-state index < -0.39 is 22.9 Å². The molecular weight excluding hydrogens is 429 g/mol. The van der Waals surface area contributed by atoms with E-state index in [1.54, 1.807) is 37.8 Å². The fourth-order valence-electron chi connectivity index (χ4n) is 2.51. The maximum Gasteiger partial charge on any atom is 0.416 e. The molecule has 6 nitrogen and oxygen atoms in total. The molecule has 11 heteroatoms. The fourth-order valence-corrected chi connectivity index (χ4v) is 3.49. The van der Waals surface area contributed by atoms with Crippen molar-refractivity contribution in [3.8, 4) is 11.4 Å². The van der Waals surface area contributed by atoms with Crippen LogP contribution in [0.2, 0.25) is 5.02 Å². The Morgan fingerprint density at radius 2 is 2.03 bits per heavy atom. The Balaban J connectivity index is 1.74. The van der Waals surface area contributed by atoms with E-state index in [9.17, 15) is 18.0 Å². The minimum atomic E-state index is -4.54. The van der Waals surface area contributed by atoms with Crippen molar-refractivity contribution in [3.63, 3.8) is 0 Å². The average Bonchev–Trinajstić information content (AvgIpc) is 3.21. The SMILES string of the molecule is Cc1occc1-c1nnc(S[C@@H](C)C(=O)Nc2cc(C(F)(F)F)ccc2Cl)n1C. The van der Waals surface area contributed by atoms with Crippen LogP contribution in [-0.2, 0) is 18.0 Å². The van der Waals surface area contributed by atoms with Gasteiger partial charge in [0.25, 0.3) is 0 Å². The van der Waals surface area contributed by atoms with Crippen LogP contribution in [0.25, 0.3) is 11.4 Å². The number of hydrogen-bond donors (Lipinski definition) is 1. The van der Waals surface area contributed by atoms with Crippen molar-refractivity contribution >= 4 is 35.0 Å². The van der Waals surface area contributed by atoms with E-state index in [4.69, 9.17) is 16.0 Å². The van der Waals surface area contributed by atoms with Crippen LogP contribution in [0.3, 0.4) is 0 Å². The van der Waals surface area contributed by atoms with Gasteiger partial charge in [0, 0.05) is 7.05 Å². The highest BCUT2D eigenvalue weighted by Gasteiger charge is 2.31. The molecule has 154 valence electrons. The van der Waals surface area contributed by atoms with Gasteiger partial charge >= 0.3 is 6.18 Å². The summed E-state index contributed by atoms with van der Waals surface area (Å²) in [6.45, 7) is 3.41. The first-order valence-electron chi connectivity index (χ1n) is 8.36. The Morgan fingerprint density at radius 3 is 2.66 bits per heavy atom. The molecule has 0 aliphatic carbocycles. The van der Waals surface area contributed by atoms with Crippen LogP contribution in [0.4, 0.5) is 18.9 Å². The molecule has 1 aromatic carbocycles. The summed E-state index contributed by atoms with van der Waals surface area (Å²) in [6.07, 6.45) is -2.99. The number of halogens is 4. The first kappa shape index (κ1) is 21.3. The number of carbonyl (C=O) groups is 1. The van der Waals surface area contributed by atoms with E-state index in [2.05, 4.69) is 15.5 Å². The van der Waals surface area contributed by atoms with E-state index in [1.165, 1.54) is 0 Å². The Hall–Kier alpha value is -2.46. The largest absolute Gasteiger partial charge is 0.469 e. The summed E-state index contributed by atoms with van der Waals surface area (Å²) >= 11 is 7.05. The summed E-state index contributed by atoms with van der Waals surface area (Å²) in [5.41, 5.74) is -0.225. The number of anilines is 1. The molecule has 0 aliphatic heterocycles. The van der Waals surface area contributed by atoms with Gasteiger partial charge in [-0.15, -0.1) is 10.2 Å². The summed E-state index contributed by atoms with van der Waals surface area (Å²) in [4.78, 5) is 12.5. The molecule has 0 aliphatic rings. The Labute approximate surface area is 173 Å². The lowest BCUT2D eigenvalue weighted by Gasteiger charge is -2.14. The van der Waals surface area contributed by atoms with Gasteiger partial charge in [-0.3, -0.25) is 4.79 Å². The van der Waals surface area contributed by atoms with Gasteiger partial charge in [0.2, 0.25) is 5.91 Å². The summed E-state index contributed by atoms with van der Waals surface area (Å²) in [5, 5.41) is 10.5. The number of aromatic nitrogens is 3. The monoisotopic (exact) mass is 444 g/mol. The van der Waals surface area contributed by atoms with Crippen LogP contribution in [-0.4, -0.2) is 25.9 Å². The molecule has 0 spiro atoms. The summed E-state index contributed by atoms with van der Waals surface area (Å²) in [5.74, 6) is 0.745. The van der Waals surface area contributed by atoms with Gasteiger partial charge in [-0.1, -0.05) is 23.4 Å². The Bertz CT molecular complexity index is 1050. The van der Waals surface area contributed by atoms with Crippen molar-refractivity contribution in [1.29, 1.82) is 0 Å². The minimum absolute atomic E-state index is 0.0138. The van der Waals surface area contributed by atoms with Crippen LogP contribution < -0.4 is 5.32 Å². The maximum atomic E-state index is 12.9. The molecule has 29 heavy (non-hydrogen) atoms. The molecule has 0 unspecified atom stereocenters. The smallest absolute Gasteiger partial charge is 0.416 e. The zero-order valence-electron chi connectivity index (χ0n) is 15.5.